The molecule has 0 bridgehead atoms. The average Bonchev–Trinajstić information content (AvgIpc) is 2.67. The van der Waals surface area contributed by atoms with Gasteiger partial charge >= 0.3 is 0 Å². The van der Waals surface area contributed by atoms with Gasteiger partial charge in [0.05, 0.1) is 10.6 Å². The summed E-state index contributed by atoms with van der Waals surface area (Å²) < 4.78 is 28.3. The monoisotopic (exact) mass is 540 g/mol. The average molecular weight is 542 g/mol. The third-order valence-electron chi connectivity index (χ3n) is 4.98. The first kappa shape index (κ1) is 23.5. The number of piperidine rings is 1. The molecule has 0 unspecified atom stereocenters. The number of hydrogen-bond acceptors (Lipinski definition) is 6. The van der Waals surface area contributed by atoms with E-state index in [9.17, 15) is 18.5 Å². The number of alkyl halides is 2. The lowest BCUT2D eigenvalue weighted by atomic mass is 10.1. The Bertz CT molecular complexity index is 777. The van der Waals surface area contributed by atoms with E-state index in [1.165, 1.54) is 16.4 Å². The van der Waals surface area contributed by atoms with Crippen molar-refractivity contribution in [1.29, 1.82) is 0 Å². The summed E-state index contributed by atoms with van der Waals surface area (Å²) in [6.45, 7) is 2.00. The molecule has 1 aromatic carbocycles. The molecule has 28 heavy (non-hydrogen) atoms. The molecule has 1 aliphatic rings. The molecule has 1 saturated heterocycles. The summed E-state index contributed by atoms with van der Waals surface area (Å²) in [5.74, 6) is 0. The van der Waals surface area contributed by atoms with Gasteiger partial charge in [-0.2, -0.15) is 4.31 Å². The Hall–Kier alpha value is -0.750. The van der Waals surface area contributed by atoms with Gasteiger partial charge in [0, 0.05) is 55.0 Å². The molecule has 0 N–H and O–H groups in total. The first-order valence-electron chi connectivity index (χ1n) is 9.04. The van der Waals surface area contributed by atoms with Gasteiger partial charge in [0.1, 0.15) is 4.90 Å². The third-order valence-corrected chi connectivity index (χ3v) is 7.61. The highest BCUT2D eigenvalue weighted by atomic mass is 79.9. The molecule has 8 nitrogen and oxygen atoms in total. The minimum Gasteiger partial charge on any atom is -0.369 e. The molecule has 0 spiro atoms. The topological polar surface area (TPSA) is 87.0 Å². The van der Waals surface area contributed by atoms with Crippen molar-refractivity contribution in [2.24, 2.45) is 0 Å². The number of nitrogens with zero attached hydrogens (tertiary/aromatic N) is 4. The summed E-state index contributed by atoms with van der Waals surface area (Å²) in [6.07, 6.45) is 1.48. The normalized spacial score (nSPS) is 16.5. The molecule has 0 aromatic heterocycles. The predicted octanol–water partition coefficient (Wildman–Crippen LogP) is 2.91. The molecule has 11 heteroatoms. The molecule has 0 saturated carbocycles. The molecule has 1 aromatic rings. The van der Waals surface area contributed by atoms with Crippen LogP contribution in [0, 0.1) is 10.1 Å². The summed E-state index contributed by atoms with van der Waals surface area (Å²) in [7, 11) is 0.143. The van der Waals surface area contributed by atoms with Gasteiger partial charge in [0.25, 0.3) is 5.69 Å². The summed E-state index contributed by atoms with van der Waals surface area (Å²) in [4.78, 5) is 14.8. The van der Waals surface area contributed by atoms with Gasteiger partial charge in [-0.15, -0.1) is 0 Å². The van der Waals surface area contributed by atoms with Crippen molar-refractivity contribution in [3.05, 3.63) is 28.3 Å². The van der Waals surface area contributed by atoms with Crippen molar-refractivity contribution in [3.63, 3.8) is 0 Å². The second kappa shape index (κ2) is 10.3. The number of benzene rings is 1. The number of sulfonamides is 1. The molecule has 0 radical (unpaired) electrons. The fraction of sp³-hybridized carbons (Fsp3) is 0.647. The van der Waals surface area contributed by atoms with E-state index in [0.29, 0.717) is 48.6 Å². The van der Waals surface area contributed by atoms with E-state index < -0.39 is 14.9 Å². The SMILES string of the molecule is CN(C)C1CCN(S(=O)(=O)c2cc([N+](=O)[O-])ccc2N(CCBr)CCBr)CC1. The number of rotatable bonds is 9. The molecule has 0 amide bonds. The van der Waals surface area contributed by atoms with Crippen LogP contribution in [0.15, 0.2) is 23.1 Å². The Morgan fingerprint density at radius 2 is 1.75 bits per heavy atom. The van der Waals surface area contributed by atoms with Crippen LogP contribution >= 0.6 is 31.9 Å². The predicted molar refractivity (Wildman–Crippen MR) is 118 cm³/mol. The number of nitro groups is 1. The van der Waals surface area contributed by atoms with Crippen molar-refractivity contribution in [3.8, 4) is 0 Å². The van der Waals surface area contributed by atoms with Crippen LogP contribution in [0.25, 0.3) is 0 Å². The van der Waals surface area contributed by atoms with E-state index in [1.54, 1.807) is 6.07 Å². The highest BCUT2D eigenvalue weighted by Crippen LogP contribution is 2.33. The minimum atomic E-state index is -3.84. The van der Waals surface area contributed by atoms with E-state index >= 15 is 0 Å². The molecule has 1 fully saturated rings. The zero-order valence-corrected chi connectivity index (χ0v) is 20.0. The maximum Gasteiger partial charge on any atom is 0.270 e. The maximum absolute atomic E-state index is 13.4. The number of anilines is 1. The molecule has 158 valence electrons. The number of hydrogen-bond donors (Lipinski definition) is 0. The van der Waals surface area contributed by atoms with Crippen LogP contribution in [0.4, 0.5) is 11.4 Å². The minimum absolute atomic E-state index is 0.00639. The number of nitro benzene ring substituents is 1. The highest BCUT2D eigenvalue weighted by molar-refractivity contribution is 9.09. The molecule has 1 aliphatic heterocycles. The van der Waals surface area contributed by atoms with Gasteiger partial charge in [-0.3, -0.25) is 10.1 Å². The van der Waals surface area contributed by atoms with E-state index in [2.05, 4.69) is 36.8 Å². The van der Waals surface area contributed by atoms with Gasteiger partial charge < -0.3 is 9.80 Å². The van der Waals surface area contributed by atoms with Crippen LogP contribution in [0.5, 0.6) is 0 Å². The second-order valence-corrected chi connectivity index (χ2v) is 10.4. The van der Waals surface area contributed by atoms with E-state index in [1.807, 2.05) is 19.0 Å². The van der Waals surface area contributed by atoms with Gasteiger partial charge in [0.2, 0.25) is 10.0 Å². The number of halogens is 2. The van der Waals surface area contributed by atoms with Crippen LogP contribution in [0.1, 0.15) is 12.8 Å². The van der Waals surface area contributed by atoms with Crippen molar-refractivity contribution in [2.75, 3.05) is 55.8 Å². The molecular formula is C17H26Br2N4O4S. The smallest absolute Gasteiger partial charge is 0.270 e. The Balaban J connectivity index is 2.45. The number of non-ortho nitro benzene ring substituents is 1. The van der Waals surface area contributed by atoms with Crippen LogP contribution in [0.3, 0.4) is 0 Å². The van der Waals surface area contributed by atoms with Gasteiger partial charge in [-0.1, -0.05) is 31.9 Å². The van der Waals surface area contributed by atoms with E-state index in [0.717, 1.165) is 12.8 Å². The summed E-state index contributed by atoms with van der Waals surface area (Å²) >= 11 is 6.79. The first-order valence-corrected chi connectivity index (χ1v) is 12.7. The van der Waals surface area contributed by atoms with Crippen molar-refractivity contribution in [2.45, 2.75) is 23.8 Å². The fourth-order valence-electron chi connectivity index (χ4n) is 3.38. The lowest BCUT2D eigenvalue weighted by Crippen LogP contribution is -2.44. The van der Waals surface area contributed by atoms with Gasteiger partial charge in [-0.05, 0) is 33.0 Å². The highest BCUT2D eigenvalue weighted by Gasteiger charge is 2.33. The molecule has 0 aliphatic carbocycles. The van der Waals surface area contributed by atoms with Crippen LogP contribution < -0.4 is 4.90 Å². The van der Waals surface area contributed by atoms with Crippen LogP contribution in [-0.2, 0) is 10.0 Å². The zero-order valence-electron chi connectivity index (χ0n) is 16.1. The quantitative estimate of drug-likeness (QED) is 0.271. The van der Waals surface area contributed by atoms with Crippen molar-refractivity contribution >= 4 is 53.3 Å². The molecule has 1 heterocycles. The summed E-state index contributed by atoms with van der Waals surface area (Å²) in [5.41, 5.74) is 0.280. The van der Waals surface area contributed by atoms with Crippen LogP contribution in [0.2, 0.25) is 0 Å². The van der Waals surface area contributed by atoms with E-state index in [4.69, 9.17) is 0 Å². The second-order valence-electron chi connectivity index (χ2n) is 6.87. The Morgan fingerprint density at radius 1 is 1.18 bits per heavy atom. The maximum atomic E-state index is 13.4. The van der Waals surface area contributed by atoms with E-state index in [-0.39, 0.29) is 10.6 Å². The van der Waals surface area contributed by atoms with Crippen molar-refractivity contribution in [1.82, 2.24) is 9.21 Å². The third kappa shape index (κ3) is 5.44. The summed E-state index contributed by atoms with van der Waals surface area (Å²) in [5, 5.41) is 12.6. The van der Waals surface area contributed by atoms with Crippen LogP contribution in [-0.4, -0.2) is 79.5 Å². The summed E-state index contributed by atoms with van der Waals surface area (Å²) in [6, 6.07) is 4.44. The largest absolute Gasteiger partial charge is 0.369 e. The Kier molecular flexibility index (Phi) is 8.68. The molecule has 0 atom stereocenters. The molecule has 2 rings (SSSR count). The first-order chi connectivity index (χ1) is 13.2. The molecular weight excluding hydrogens is 516 g/mol. The fourth-order valence-corrected chi connectivity index (χ4v) is 5.94. The zero-order chi connectivity index (χ0) is 20.9. The Morgan fingerprint density at radius 3 is 2.21 bits per heavy atom. The Labute approximate surface area is 183 Å². The van der Waals surface area contributed by atoms with Crippen molar-refractivity contribution < 1.29 is 13.3 Å². The lowest BCUT2D eigenvalue weighted by Gasteiger charge is -2.35. The standard InChI is InChI=1S/C17H26Br2N4O4S/c1-20(2)14-5-9-22(10-6-14)28(26,27)17-13-15(23(24)25)3-4-16(17)21(11-7-18)12-8-19/h3-4,13-14H,5-12H2,1-2H3. The van der Waals surface area contributed by atoms with Gasteiger partial charge in [0.15, 0.2) is 0 Å². The lowest BCUT2D eigenvalue weighted by molar-refractivity contribution is -0.385. The van der Waals surface area contributed by atoms with Gasteiger partial charge in [-0.25, -0.2) is 8.42 Å².